The SMILES string of the molecule is CCCCCC#CCCI. The third-order valence-electron chi connectivity index (χ3n) is 1.25. The molecule has 0 amide bonds. The van der Waals surface area contributed by atoms with Gasteiger partial charge < -0.3 is 0 Å². The highest BCUT2D eigenvalue weighted by Crippen LogP contribution is 1.96. The van der Waals surface area contributed by atoms with E-state index >= 15 is 0 Å². The number of hydrogen-bond acceptors (Lipinski definition) is 0. The zero-order valence-corrected chi connectivity index (χ0v) is 8.78. The molecule has 0 saturated carbocycles. The fourth-order valence-corrected chi connectivity index (χ4v) is 0.957. The van der Waals surface area contributed by atoms with Gasteiger partial charge in [0.15, 0.2) is 0 Å². The first-order valence-corrected chi connectivity index (χ1v) is 5.46. The van der Waals surface area contributed by atoms with Crippen molar-refractivity contribution in [2.24, 2.45) is 0 Å². The summed E-state index contributed by atoms with van der Waals surface area (Å²) >= 11 is 2.35. The van der Waals surface area contributed by atoms with Crippen molar-refractivity contribution in [3.63, 3.8) is 0 Å². The third-order valence-corrected chi connectivity index (χ3v) is 1.79. The lowest BCUT2D eigenvalue weighted by Gasteiger charge is -1.87. The Balaban J connectivity index is 2.96. The molecule has 0 aliphatic rings. The lowest BCUT2D eigenvalue weighted by atomic mass is 10.2. The van der Waals surface area contributed by atoms with Crippen molar-refractivity contribution < 1.29 is 0 Å². The maximum absolute atomic E-state index is 3.17. The minimum absolute atomic E-state index is 1.06. The summed E-state index contributed by atoms with van der Waals surface area (Å²) in [7, 11) is 0. The van der Waals surface area contributed by atoms with Crippen LogP contribution in [0.1, 0.15) is 39.0 Å². The van der Waals surface area contributed by atoms with E-state index in [9.17, 15) is 0 Å². The van der Waals surface area contributed by atoms with Gasteiger partial charge in [0.05, 0.1) is 0 Å². The number of rotatable bonds is 4. The van der Waals surface area contributed by atoms with E-state index in [0.29, 0.717) is 0 Å². The molecular formula is C9H15I. The van der Waals surface area contributed by atoms with E-state index in [1.807, 2.05) is 0 Å². The van der Waals surface area contributed by atoms with Crippen LogP contribution in [0.2, 0.25) is 0 Å². The number of halogens is 1. The molecule has 0 aromatic rings. The predicted octanol–water partition coefficient (Wildman–Crippen LogP) is 3.40. The van der Waals surface area contributed by atoms with Crippen molar-refractivity contribution in [1.82, 2.24) is 0 Å². The summed E-state index contributed by atoms with van der Waals surface area (Å²) in [6.07, 6.45) is 6.08. The summed E-state index contributed by atoms with van der Waals surface area (Å²) in [5, 5.41) is 0. The molecule has 0 fully saturated rings. The van der Waals surface area contributed by atoms with Gasteiger partial charge in [-0.25, -0.2) is 0 Å². The first kappa shape index (κ1) is 10.3. The van der Waals surface area contributed by atoms with Crippen LogP contribution < -0.4 is 0 Å². The van der Waals surface area contributed by atoms with Gasteiger partial charge in [0.25, 0.3) is 0 Å². The summed E-state index contributed by atoms with van der Waals surface area (Å²) < 4.78 is 1.17. The second-order valence-corrected chi connectivity index (χ2v) is 3.33. The smallest absolute Gasteiger partial charge is 0.0179 e. The maximum Gasteiger partial charge on any atom is 0.0179 e. The van der Waals surface area contributed by atoms with Crippen molar-refractivity contribution in [3.8, 4) is 11.8 Å². The first-order chi connectivity index (χ1) is 4.91. The van der Waals surface area contributed by atoms with E-state index in [1.54, 1.807) is 0 Å². The van der Waals surface area contributed by atoms with Gasteiger partial charge in [-0.05, 0) is 6.42 Å². The van der Waals surface area contributed by atoms with Crippen LogP contribution in [0.25, 0.3) is 0 Å². The van der Waals surface area contributed by atoms with Crippen LogP contribution in [0.15, 0.2) is 0 Å². The Bertz CT molecular complexity index is 108. The van der Waals surface area contributed by atoms with Gasteiger partial charge in [-0.15, -0.1) is 11.8 Å². The van der Waals surface area contributed by atoms with Crippen molar-refractivity contribution in [3.05, 3.63) is 0 Å². The van der Waals surface area contributed by atoms with E-state index in [-0.39, 0.29) is 0 Å². The lowest BCUT2D eigenvalue weighted by Crippen LogP contribution is -1.71. The molecule has 0 N–H and O–H groups in total. The summed E-state index contributed by atoms with van der Waals surface area (Å²) in [4.78, 5) is 0. The van der Waals surface area contributed by atoms with E-state index in [0.717, 1.165) is 12.8 Å². The molecule has 0 nitrogen and oxygen atoms in total. The van der Waals surface area contributed by atoms with Crippen molar-refractivity contribution in [2.45, 2.75) is 39.0 Å². The van der Waals surface area contributed by atoms with Gasteiger partial charge in [-0.1, -0.05) is 42.4 Å². The zero-order chi connectivity index (χ0) is 7.66. The standard InChI is InChI=1S/C9H15I/c1-2-3-4-5-6-7-8-9-10/h2-5,8-9H2,1H3. The summed E-state index contributed by atoms with van der Waals surface area (Å²) in [6, 6.07) is 0. The van der Waals surface area contributed by atoms with Gasteiger partial charge in [0.2, 0.25) is 0 Å². The molecule has 10 heavy (non-hydrogen) atoms. The lowest BCUT2D eigenvalue weighted by molar-refractivity contribution is 0.737. The highest BCUT2D eigenvalue weighted by atomic mass is 127. The van der Waals surface area contributed by atoms with Crippen LogP contribution in [0.3, 0.4) is 0 Å². The second kappa shape index (κ2) is 9.29. The van der Waals surface area contributed by atoms with Gasteiger partial charge in [-0.3, -0.25) is 0 Å². The fourth-order valence-electron chi connectivity index (χ4n) is 0.687. The van der Waals surface area contributed by atoms with Crippen molar-refractivity contribution in [1.29, 1.82) is 0 Å². The van der Waals surface area contributed by atoms with Crippen LogP contribution >= 0.6 is 22.6 Å². The molecule has 0 rings (SSSR count). The van der Waals surface area contributed by atoms with Gasteiger partial charge in [0.1, 0.15) is 0 Å². The molecule has 0 aromatic carbocycles. The number of alkyl halides is 1. The van der Waals surface area contributed by atoms with Gasteiger partial charge in [-0.2, -0.15) is 0 Å². The molecule has 0 saturated heterocycles. The molecule has 0 aliphatic carbocycles. The minimum Gasteiger partial charge on any atom is -0.103 e. The Morgan fingerprint density at radius 2 is 1.80 bits per heavy atom. The first-order valence-electron chi connectivity index (χ1n) is 3.93. The van der Waals surface area contributed by atoms with Crippen LogP contribution in [-0.4, -0.2) is 4.43 Å². The van der Waals surface area contributed by atoms with Gasteiger partial charge >= 0.3 is 0 Å². The summed E-state index contributed by atoms with van der Waals surface area (Å²) in [5.41, 5.74) is 0. The van der Waals surface area contributed by atoms with Crippen LogP contribution in [0.5, 0.6) is 0 Å². The largest absolute Gasteiger partial charge is 0.103 e. The van der Waals surface area contributed by atoms with E-state index < -0.39 is 0 Å². The molecule has 0 radical (unpaired) electrons. The van der Waals surface area contributed by atoms with Gasteiger partial charge in [0, 0.05) is 17.3 Å². The Kier molecular flexibility index (Phi) is 9.56. The molecule has 0 aromatic heterocycles. The zero-order valence-electron chi connectivity index (χ0n) is 6.62. The molecule has 0 bridgehead atoms. The molecule has 0 unspecified atom stereocenters. The average molecular weight is 250 g/mol. The molecule has 0 spiro atoms. The quantitative estimate of drug-likeness (QED) is 0.310. The minimum atomic E-state index is 1.06. The second-order valence-electron chi connectivity index (χ2n) is 2.25. The molecule has 0 atom stereocenters. The fraction of sp³-hybridized carbons (Fsp3) is 0.778. The van der Waals surface area contributed by atoms with Crippen molar-refractivity contribution in [2.75, 3.05) is 4.43 Å². The Hall–Kier alpha value is 0.290. The highest BCUT2D eigenvalue weighted by Gasteiger charge is 1.79. The third kappa shape index (κ3) is 8.29. The number of unbranched alkanes of at least 4 members (excludes halogenated alkanes) is 3. The summed E-state index contributed by atoms with van der Waals surface area (Å²) in [5.74, 6) is 6.30. The molecule has 0 aliphatic heterocycles. The monoisotopic (exact) mass is 250 g/mol. The molecule has 0 heterocycles. The Morgan fingerprint density at radius 3 is 2.40 bits per heavy atom. The van der Waals surface area contributed by atoms with Crippen LogP contribution in [0, 0.1) is 11.8 Å². The Morgan fingerprint density at radius 1 is 1.10 bits per heavy atom. The van der Waals surface area contributed by atoms with Crippen LogP contribution in [0.4, 0.5) is 0 Å². The Labute approximate surface area is 77.9 Å². The van der Waals surface area contributed by atoms with Crippen molar-refractivity contribution >= 4 is 22.6 Å². The van der Waals surface area contributed by atoms with Crippen LogP contribution in [-0.2, 0) is 0 Å². The number of hydrogen-bond donors (Lipinski definition) is 0. The molecule has 1 heteroatoms. The van der Waals surface area contributed by atoms with E-state index in [2.05, 4.69) is 41.4 Å². The van der Waals surface area contributed by atoms with E-state index in [1.165, 1.54) is 23.7 Å². The normalized spacial score (nSPS) is 8.60. The maximum atomic E-state index is 3.17. The van der Waals surface area contributed by atoms with E-state index in [4.69, 9.17) is 0 Å². The highest BCUT2D eigenvalue weighted by molar-refractivity contribution is 14.1. The predicted molar refractivity (Wildman–Crippen MR) is 55.4 cm³/mol. The molecule has 58 valence electrons. The topological polar surface area (TPSA) is 0 Å². The summed E-state index contributed by atoms with van der Waals surface area (Å²) in [6.45, 7) is 2.22. The average Bonchev–Trinajstić information content (AvgIpc) is 1.97. The molecular weight excluding hydrogens is 235 g/mol.